The van der Waals surface area contributed by atoms with Crippen molar-refractivity contribution in [3.8, 4) is 0 Å². The van der Waals surface area contributed by atoms with Crippen LogP contribution in [0.3, 0.4) is 0 Å². The summed E-state index contributed by atoms with van der Waals surface area (Å²) in [5.41, 5.74) is -0.218. The Kier molecular flexibility index (Phi) is 3.39. The summed E-state index contributed by atoms with van der Waals surface area (Å²) in [7, 11) is 3.08. The van der Waals surface area contributed by atoms with Crippen LogP contribution in [0.5, 0.6) is 0 Å². The van der Waals surface area contributed by atoms with Crippen molar-refractivity contribution in [2.45, 2.75) is 5.60 Å². The first-order chi connectivity index (χ1) is 9.94. The van der Waals surface area contributed by atoms with Crippen molar-refractivity contribution in [3.63, 3.8) is 0 Å². The number of β-amino-alcohol motifs (C(OH)–C–C–N with tert-alkyl or cyclic N) is 1. The fourth-order valence-corrected chi connectivity index (χ4v) is 3.55. The number of rotatable bonds is 3. The minimum atomic E-state index is -0.963. The first-order valence-electron chi connectivity index (χ1n) is 6.15. The van der Waals surface area contributed by atoms with Gasteiger partial charge in [-0.05, 0) is 6.07 Å². The molecule has 1 fully saturated rings. The highest BCUT2D eigenvalue weighted by molar-refractivity contribution is 7.18. The highest BCUT2D eigenvalue weighted by Crippen LogP contribution is 2.39. The molecule has 7 nitrogen and oxygen atoms in total. The molecule has 0 spiro atoms. The van der Waals surface area contributed by atoms with Crippen molar-refractivity contribution in [1.82, 2.24) is 14.8 Å². The molecule has 1 aliphatic heterocycles. The molecule has 1 N–H and O–H groups in total. The number of anilines is 1. The minimum Gasteiger partial charge on any atom is -0.465 e. The molecule has 0 bridgehead atoms. The maximum atomic E-state index is 11.5. The number of aryl methyl sites for hydroxylation is 1. The van der Waals surface area contributed by atoms with Gasteiger partial charge in [0.1, 0.15) is 5.60 Å². The van der Waals surface area contributed by atoms with Gasteiger partial charge in [-0.2, -0.15) is 5.10 Å². The third kappa shape index (κ3) is 2.29. The number of halogens is 1. The van der Waals surface area contributed by atoms with Crippen LogP contribution >= 0.6 is 22.9 Å². The highest BCUT2D eigenvalue weighted by Gasteiger charge is 2.46. The summed E-state index contributed by atoms with van der Waals surface area (Å²) in [6.45, 7) is 0.744. The van der Waals surface area contributed by atoms with Crippen LogP contribution in [-0.4, -0.2) is 46.0 Å². The molecule has 3 rings (SSSR count). The molecule has 21 heavy (non-hydrogen) atoms. The van der Waals surface area contributed by atoms with Crippen molar-refractivity contribution in [1.29, 1.82) is 0 Å². The van der Waals surface area contributed by atoms with E-state index in [0.717, 1.165) is 17.0 Å². The molecule has 2 aromatic rings. The predicted molar refractivity (Wildman–Crippen MR) is 77.8 cm³/mol. The molecule has 0 amide bonds. The van der Waals surface area contributed by atoms with E-state index in [0.29, 0.717) is 18.2 Å². The number of ether oxygens (including phenoxy) is 1. The van der Waals surface area contributed by atoms with E-state index in [-0.39, 0.29) is 10.0 Å². The maximum absolute atomic E-state index is 11.5. The van der Waals surface area contributed by atoms with E-state index in [2.05, 4.69) is 14.8 Å². The molecule has 3 heterocycles. The van der Waals surface area contributed by atoms with Gasteiger partial charge in [0.25, 0.3) is 0 Å². The average molecular weight is 329 g/mol. The highest BCUT2D eigenvalue weighted by atomic mass is 35.5. The smallest absolute Gasteiger partial charge is 0.351 e. The molecular formula is C12H13ClN4O3S. The zero-order valence-corrected chi connectivity index (χ0v) is 13.0. The number of hydrogen-bond acceptors (Lipinski definition) is 7. The first-order valence-corrected chi connectivity index (χ1v) is 7.34. The van der Waals surface area contributed by atoms with Gasteiger partial charge in [0.2, 0.25) is 0 Å². The van der Waals surface area contributed by atoms with Crippen molar-refractivity contribution >= 4 is 34.0 Å². The summed E-state index contributed by atoms with van der Waals surface area (Å²) >= 11 is 7.09. The molecule has 0 radical (unpaired) electrons. The molecule has 0 aliphatic carbocycles. The Labute approximate surface area is 129 Å². The van der Waals surface area contributed by atoms with Crippen molar-refractivity contribution in [3.05, 3.63) is 28.0 Å². The van der Waals surface area contributed by atoms with E-state index < -0.39 is 11.6 Å². The fraction of sp³-hybridized carbons (Fsp3) is 0.417. The van der Waals surface area contributed by atoms with Gasteiger partial charge in [0.05, 0.1) is 25.9 Å². The van der Waals surface area contributed by atoms with Crippen LogP contribution in [0.15, 0.2) is 12.3 Å². The lowest BCUT2D eigenvalue weighted by Gasteiger charge is -2.46. The van der Waals surface area contributed by atoms with Crippen LogP contribution in [-0.2, 0) is 17.4 Å². The number of thiazole rings is 1. The van der Waals surface area contributed by atoms with Gasteiger partial charge in [-0.1, -0.05) is 22.9 Å². The molecule has 1 saturated heterocycles. The number of esters is 1. The molecule has 9 heteroatoms. The van der Waals surface area contributed by atoms with Gasteiger partial charge >= 0.3 is 5.97 Å². The van der Waals surface area contributed by atoms with Gasteiger partial charge in [0.15, 0.2) is 15.2 Å². The molecular weight excluding hydrogens is 316 g/mol. The summed E-state index contributed by atoms with van der Waals surface area (Å²) in [5, 5.41) is 15.3. The minimum absolute atomic E-state index is 0.123. The third-order valence-electron chi connectivity index (χ3n) is 3.42. The quantitative estimate of drug-likeness (QED) is 0.847. The Balaban J connectivity index is 1.78. The topological polar surface area (TPSA) is 80.5 Å². The van der Waals surface area contributed by atoms with Crippen LogP contribution in [0.2, 0.25) is 5.15 Å². The largest absolute Gasteiger partial charge is 0.465 e. The van der Waals surface area contributed by atoms with E-state index in [4.69, 9.17) is 11.6 Å². The summed E-state index contributed by atoms with van der Waals surface area (Å²) in [5.74, 6) is -0.508. The zero-order valence-electron chi connectivity index (χ0n) is 11.4. The molecule has 1 aliphatic rings. The summed E-state index contributed by atoms with van der Waals surface area (Å²) in [6.07, 6.45) is 1.64. The van der Waals surface area contributed by atoms with Gasteiger partial charge < -0.3 is 14.7 Å². The first kappa shape index (κ1) is 14.3. The Morgan fingerprint density at radius 2 is 2.29 bits per heavy atom. The SMILES string of the molecule is COC(=O)c1sc(N2CC(O)(c3ccnn3C)C2)nc1Cl. The lowest BCUT2D eigenvalue weighted by molar-refractivity contribution is -0.0000416. The molecule has 0 aromatic carbocycles. The van der Waals surface area contributed by atoms with Crippen LogP contribution in [0.25, 0.3) is 0 Å². The summed E-state index contributed by atoms with van der Waals surface area (Å²) in [6, 6.07) is 1.78. The van der Waals surface area contributed by atoms with Gasteiger partial charge in [-0.15, -0.1) is 0 Å². The van der Waals surface area contributed by atoms with E-state index in [9.17, 15) is 9.90 Å². The number of methoxy groups -OCH3 is 1. The van der Waals surface area contributed by atoms with E-state index in [1.165, 1.54) is 7.11 Å². The van der Waals surface area contributed by atoms with Crippen molar-refractivity contribution in [2.75, 3.05) is 25.1 Å². The van der Waals surface area contributed by atoms with Crippen LogP contribution in [0, 0.1) is 0 Å². The lowest BCUT2D eigenvalue weighted by atomic mass is 9.91. The monoisotopic (exact) mass is 328 g/mol. The van der Waals surface area contributed by atoms with Crippen LogP contribution < -0.4 is 4.90 Å². The maximum Gasteiger partial charge on any atom is 0.351 e. The second-order valence-corrected chi connectivity index (χ2v) is 6.17. The third-order valence-corrected chi connectivity index (χ3v) is 4.90. The van der Waals surface area contributed by atoms with Crippen molar-refractivity contribution < 1.29 is 14.6 Å². The number of carbonyl (C=O) groups is 1. The van der Waals surface area contributed by atoms with Crippen molar-refractivity contribution in [2.24, 2.45) is 7.05 Å². The number of nitrogens with zero attached hydrogens (tertiary/aromatic N) is 4. The van der Waals surface area contributed by atoms with Gasteiger partial charge in [-0.25, -0.2) is 9.78 Å². The molecule has 0 saturated carbocycles. The van der Waals surface area contributed by atoms with E-state index >= 15 is 0 Å². The fourth-order valence-electron chi connectivity index (χ4n) is 2.36. The van der Waals surface area contributed by atoms with Crippen LogP contribution in [0.1, 0.15) is 15.4 Å². The standard InChI is InChI=1S/C12H13ClN4O3S/c1-16-7(3-4-14-16)12(19)5-17(6-12)11-15-9(13)8(21-11)10(18)20-2/h3-4,19H,5-6H2,1-2H3. The molecule has 0 unspecified atom stereocenters. The summed E-state index contributed by atoms with van der Waals surface area (Å²) < 4.78 is 6.29. The van der Waals surface area contributed by atoms with Crippen LogP contribution in [0.4, 0.5) is 5.13 Å². The Bertz CT molecular complexity index is 692. The van der Waals surface area contributed by atoms with E-state index in [1.54, 1.807) is 24.0 Å². The Morgan fingerprint density at radius 3 is 2.86 bits per heavy atom. The van der Waals surface area contributed by atoms with Gasteiger partial charge in [-0.3, -0.25) is 4.68 Å². The number of carbonyl (C=O) groups excluding carboxylic acids is 1. The Hall–Kier alpha value is -1.64. The second kappa shape index (κ2) is 4.97. The molecule has 2 aromatic heterocycles. The van der Waals surface area contributed by atoms with E-state index in [1.807, 2.05) is 4.90 Å². The molecule has 0 atom stereocenters. The number of aromatic nitrogens is 3. The normalized spacial score (nSPS) is 16.7. The predicted octanol–water partition coefficient (Wildman–Crippen LogP) is 1.02. The Morgan fingerprint density at radius 1 is 1.57 bits per heavy atom. The number of aliphatic hydroxyl groups is 1. The lowest BCUT2D eigenvalue weighted by Crippen LogP contribution is -2.60. The van der Waals surface area contributed by atoms with Gasteiger partial charge in [0, 0.05) is 13.2 Å². The molecule has 112 valence electrons. The average Bonchev–Trinajstić information content (AvgIpc) is 3.00. The number of hydrogen-bond donors (Lipinski definition) is 1. The summed E-state index contributed by atoms with van der Waals surface area (Å²) in [4.78, 5) is 17.8. The zero-order chi connectivity index (χ0) is 15.2. The second-order valence-electron chi connectivity index (χ2n) is 4.84.